The van der Waals surface area contributed by atoms with E-state index in [9.17, 15) is 0 Å². The predicted molar refractivity (Wildman–Crippen MR) is 62.6 cm³/mol. The molecule has 1 aliphatic heterocycles. The van der Waals surface area contributed by atoms with E-state index in [1.807, 2.05) is 13.8 Å². The fraction of sp³-hybridized carbons (Fsp3) is 0.667. The number of piperidine rings is 1. The third-order valence-corrected chi connectivity index (χ3v) is 3.05. The van der Waals surface area contributed by atoms with Gasteiger partial charge >= 0.3 is 0 Å². The summed E-state index contributed by atoms with van der Waals surface area (Å²) >= 11 is 0. The number of rotatable bonds is 2. The van der Waals surface area contributed by atoms with Crippen LogP contribution in [-0.2, 0) is 0 Å². The van der Waals surface area contributed by atoms with E-state index in [0.29, 0.717) is 11.8 Å². The molecule has 1 saturated heterocycles. The third-order valence-electron chi connectivity index (χ3n) is 3.05. The molecule has 1 aliphatic rings. The van der Waals surface area contributed by atoms with E-state index in [-0.39, 0.29) is 6.10 Å². The van der Waals surface area contributed by atoms with Crippen molar-refractivity contribution < 1.29 is 4.74 Å². The van der Waals surface area contributed by atoms with Crippen molar-refractivity contribution in [3.05, 3.63) is 17.6 Å². The topological polar surface area (TPSA) is 47.0 Å². The van der Waals surface area contributed by atoms with Gasteiger partial charge in [0.25, 0.3) is 0 Å². The van der Waals surface area contributed by atoms with E-state index < -0.39 is 0 Å². The van der Waals surface area contributed by atoms with Crippen LogP contribution < -0.4 is 10.1 Å². The molecule has 4 heteroatoms. The molecule has 0 saturated carbocycles. The fourth-order valence-electron chi connectivity index (χ4n) is 1.89. The molecule has 2 heterocycles. The number of aryl methyl sites for hydroxylation is 2. The third kappa shape index (κ3) is 2.50. The van der Waals surface area contributed by atoms with Gasteiger partial charge in [0.2, 0.25) is 5.88 Å². The maximum atomic E-state index is 5.94. The van der Waals surface area contributed by atoms with Gasteiger partial charge in [-0.3, -0.25) is 4.98 Å². The molecule has 1 N–H and O–H groups in total. The summed E-state index contributed by atoms with van der Waals surface area (Å²) in [6.45, 7) is 8.07. The molecule has 0 bridgehead atoms. The zero-order chi connectivity index (χ0) is 11.5. The molecule has 0 amide bonds. The van der Waals surface area contributed by atoms with Crippen molar-refractivity contribution in [2.24, 2.45) is 5.92 Å². The first kappa shape index (κ1) is 11.3. The Morgan fingerprint density at radius 3 is 3.00 bits per heavy atom. The van der Waals surface area contributed by atoms with Gasteiger partial charge in [0.05, 0.1) is 11.4 Å². The molecule has 88 valence electrons. The Morgan fingerprint density at radius 1 is 1.44 bits per heavy atom. The highest BCUT2D eigenvalue weighted by atomic mass is 16.5. The minimum atomic E-state index is 0.212. The summed E-state index contributed by atoms with van der Waals surface area (Å²) in [7, 11) is 0. The van der Waals surface area contributed by atoms with Gasteiger partial charge in [-0.1, -0.05) is 6.92 Å². The van der Waals surface area contributed by atoms with Crippen LogP contribution in [0.5, 0.6) is 5.88 Å². The number of aromatic nitrogens is 2. The van der Waals surface area contributed by atoms with E-state index in [1.165, 1.54) is 0 Å². The second kappa shape index (κ2) is 4.78. The molecule has 2 unspecified atom stereocenters. The lowest BCUT2D eigenvalue weighted by molar-refractivity contribution is 0.108. The Balaban J connectivity index is 2.10. The lowest BCUT2D eigenvalue weighted by Crippen LogP contribution is -2.43. The number of nitrogens with zero attached hydrogens (tertiary/aromatic N) is 2. The summed E-state index contributed by atoms with van der Waals surface area (Å²) in [6.07, 6.45) is 3.14. The Morgan fingerprint density at radius 2 is 2.25 bits per heavy atom. The van der Waals surface area contributed by atoms with Crippen molar-refractivity contribution in [2.75, 3.05) is 13.1 Å². The summed E-state index contributed by atoms with van der Waals surface area (Å²) in [4.78, 5) is 8.65. The van der Waals surface area contributed by atoms with E-state index in [1.54, 1.807) is 6.20 Å². The summed E-state index contributed by atoms with van der Waals surface area (Å²) in [6, 6.07) is 0. The van der Waals surface area contributed by atoms with Gasteiger partial charge in [-0.15, -0.1) is 0 Å². The van der Waals surface area contributed by atoms with Gasteiger partial charge in [-0.2, -0.15) is 0 Å². The molecule has 2 rings (SSSR count). The van der Waals surface area contributed by atoms with Crippen molar-refractivity contribution >= 4 is 0 Å². The molecule has 0 radical (unpaired) electrons. The molecule has 16 heavy (non-hydrogen) atoms. The van der Waals surface area contributed by atoms with Gasteiger partial charge in [0.15, 0.2) is 0 Å². The minimum Gasteiger partial charge on any atom is -0.471 e. The second-order valence-corrected chi connectivity index (χ2v) is 4.53. The standard InChI is InChI=1S/C12H19N3O/c1-8-4-5-13-7-11(8)16-12-10(3)14-6-9(2)15-12/h6,8,11,13H,4-5,7H2,1-3H3. The van der Waals surface area contributed by atoms with Gasteiger partial charge in [-0.25, -0.2) is 4.98 Å². The highest BCUT2D eigenvalue weighted by Crippen LogP contribution is 2.20. The van der Waals surface area contributed by atoms with Crippen LogP contribution in [-0.4, -0.2) is 29.2 Å². The quantitative estimate of drug-likeness (QED) is 0.821. The smallest absolute Gasteiger partial charge is 0.235 e. The first-order valence-corrected chi connectivity index (χ1v) is 5.84. The summed E-state index contributed by atoms with van der Waals surface area (Å²) < 4.78 is 5.94. The monoisotopic (exact) mass is 221 g/mol. The van der Waals surface area contributed by atoms with Crippen molar-refractivity contribution in [3.8, 4) is 5.88 Å². The molecule has 1 aromatic rings. The zero-order valence-electron chi connectivity index (χ0n) is 10.2. The average molecular weight is 221 g/mol. The van der Waals surface area contributed by atoms with Crippen LogP contribution in [0.2, 0.25) is 0 Å². The molecule has 0 spiro atoms. The largest absolute Gasteiger partial charge is 0.471 e. The summed E-state index contributed by atoms with van der Waals surface area (Å²) in [5.74, 6) is 1.25. The van der Waals surface area contributed by atoms with Gasteiger partial charge in [0.1, 0.15) is 6.10 Å². The van der Waals surface area contributed by atoms with E-state index >= 15 is 0 Å². The van der Waals surface area contributed by atoms with Crippen molar-refractivity contribution in [3.63, 3.8) is 0 Å². The van der Waals surface area contributed by atoms with Gasteiger partial charge in [-0.05, 0) is 32.7 Å². The van der Waals surface area contributed by atoms with E-state index in [2.05, 4.69) is 22.2 Å². The highest BCUT2D eigenvalue weighted by Gasteiger charge is 2.23. The van der Waals surface area contributed by atoms with E-state index in [4.69, 9.17) is 4.74 Å². The summed E-state index contributed by atoms with van der Waals surface area (Å²) in [5.41, 5.74) is 1.76. The molecule has 4 nitrogen and oxygen atoms in total. The molecule has 1 aromatic heterocycles. The van der Waals surface area contributed by atoms with Gasteiger partial charge < -0.3 is 10.1 Å². The van der Waals surface area contributed by atoms with Crippen LogP contribution in [0.1, 0.15) is 24.7 Å². The molecule has 2 atom stereocenters. The second-order valence-electron chi connectivity index (χ2n) is 4.53. The molecule has 0 aromatic carbocycles. The first-order chi connectivity index (χ1) is 7.66. The minimum absolute atomic E-state index is 0.212. The van der Waals surface area contributed by atoms with Crippen molar-refractivity contribution in [1.82, 2.24) is 15.3 Å². The Hall–Kier alpha value is -1.16. The molecular weight excluding hydrogens is 202 g/mol. The molecule has 1 fully saturated rings. The summed E-state index contributed by atoms with van der Waals surface area (Å²) in [5, 5.41) is 3.35. The lowest BCUT2D eigenvalue weighted by Gasteiger charge is -2.29. The lowest BCUT2D eigenvalue weighted by atomic mass is 9.97. The Labute approximate surface area is 96.4 Å². The zero-order valence-corrected chi connectivity index (χ0v) is 10.2. The predicted octanol–water partition coefficient (Wildman–Crippen LogP) is 1.47. The van der Waals surface area contributed by atoms with Crippen LogP contribution in [0.15, 0.2) is 6.20 Å². The molecule has 0 aliphatic carbocycles. The van der Waals surface area contributed by atoms with Crippen LogP contribution in [0.4, 0.5) is 0 Å². The maximum absolute atomic E-state index is 5.94. The SMILES string of the molecule is Cc1cnc(C)c(OC2CNCCC2C)n1. The fourth-order valence-corrected chi connectivity index (χ4v) is 1.89. The first-order valence-electron chi connectivity index (χ1n) is 5.84. The van der Waals surface area contributed by atoms with Crippen LogP contribution >= 0.6 is 0 Å². The maximum Gasteiger partial charge on any atom is 0.235 e. The average Bonchev–Trinajstić information content (AvgIpc) is 2.27. The van der Waals surface area contributed by atoms with Crippen molar-refractivity contribution in [1.29, 1.82) is 0 Å². The van der Waals surface area contributed by atoms with Crippen LogP contribution in [0.25, 0.3) is 0 Å². The number of hydrogen-bond acceptors (Lipinski definition) is 4. The Bertz CT molecular complexity index is 367. The molecular formula is C12H19N3O. The normalized spacial score (nSPS) is 25.4. The Kier molecular flexibility index (Phi) is 3.39. The number of hydrogen-bond donors (Lipinski definition) is 1. The van der Waals surface area contributed by atoms with E-state index in [0.717, 1.165) is 30.9 Å². The number of ether oxygens (including phenoxy) is 1. The van der Waals surface area contributed by atoms with Crippen LogP contribution in [0, 0.1) is 19.8 Å². The highest BCUT2D eigenvalue weighted by molar-refractivity contribution is 5.18. The van der Waals surface area contributed by atoms with Crippen LogP contribution in [0.3, 0.4) is 0 Å². The van der Waals surface area contributed by atoms with Gasteiger partial charge in [0, 0.05) is 12.7 Å². The number of nitrogens with one attached hydrogen (secondary N) is 1. The van der Waals surface area contributed by atoms with Crippen molar-refractivity contribution in [2.45, 2.75) is 33.3 Å².